The van der Waals surface area contributed by atoms with Crippen LogP contribution in [0.4, 0.5) is 4.79 Å². The Balaban J connectivity index is 1.73. The lowest BCUT2D eigenvalue weighted by Crippen LogP contribution is -2.29. The first-order valence-electron chi connectivity index (χ1n) is 7.90. The third kappa shape index (κ3) is 2.84. The second-order valence-corrected chi connectivity index (χ2v) is 5.60. The van der Waals surface area contributed by atoms with E-state index in [4.69, 9.17) is 4.74 Å². The van der Waals surface area contributed by atoms with Crippen LogP contribution in [-0.4, -0.2) is 19.2 Å². The summed E-state index contributed by atoms with van der Waals surface area (Å²) in [5, 5.41) is 2.90. The van der Waals surface area contributed by atoms with E-state index >= 15 is 0 Å². The number of carbonyl (C=O) groups excluding carboxylic acids is 1. The van der Waals surface area contributed by atoms with Crippen molar-refractivity contribution in [2.45, 2.75) is 25.7 Å². The zero-order valence-electron chi connectivity index (χ0n) is 12.8. The fraction of sp³-hybridized carbons (Fsp3) is 0.316. The molecule has 0 atom stereocenters. The van der Waals surface area contributed by atoms with E-state index in [1.165, 1.54) is 22.3 Å². The molecule has 1 aliphatic rings. The molecule has 0 radical (unpaired) electrons. The Hall–Kier alpha value is -2.29. The molecule has 1 aliphatic carbocycles. The predicted octanol–water partition coefficient (Wildman–Crippen LogP) is 4.33. The van der Waals surface area contributed by atoms with Crippen molar-refractivity contribution in [3.05, 3.63) is 59.7 Å². The standard InChI is InChI=1S/C19H21NO2/c1-2-3-12-22-19(21)20-13-18-16-10-6-4-8-14(16)15-9-5-7-11-17(15)18/h4-11,18H,2-3,12-13H2,1H3,(H,20,21). The quantitative estimate of drug-likeness (QED) is 0.834. The van der Waals surface area contributed by atoms with Gasteiger partial charge in [0.05, 0.1) is 6.61 Å². The SMILES string of the molecule is CCCCOC(=O)NCC1c2ccccc2-c2ccccc21. The molecule has 3 rings (SSSR count). The van der Waals surface area contributed by atoms with Crippen molar-refractivity contribution in [1.29, 1.82) is 0 Å². The maximum Gasteiger partial charge on any atom is 0.407 e. The van der Waals surface area contributed by atoms with Crippen molar-refractivity contribution in [3.8, 4) is 11.1 Å². The van der Waals surface area contributed by atoms with Crippen LogP contribution in [0, 0.1) is 0 Å². The molecule has 3 heteroatoms. The molecule has 0 aromatic heterocycles. The Morgan fingerprint density at radius 2 is 1.64 bits per heavy atom. The van der Waals surface area contributed by atoms with E-state index in [-0.39, 0.29) is 12.0 Å². The lowest BCUT2D eigenvalue weighted by atomic mass is 9.97. The number of rotatable bonds is 5. The number of unbranched alkanes of at least 4 members (excludes halogenated alkanes) is 1. The molecule has 22 heavy (non-hydrogen) atoms. The van der Waals surface area contributed by atoms with E-state index in [9.17, 15) is 4.79 Å². The highest BCUT2D eigenvalue weighted by Crippen LogP contribution is 2.43. The molecule has 0 unspecified atom stereocenters. The number of carbonyl (C=O) groups is 1. The summed E-state index contributed by atoms with van der Waals surface area (Å²) in [7, 11) is 0. The van der Waals surface area contributed by atoms with E-state index in [1.807, 2.05) is 0 Å². The van der Waals surface area contributed by atoms with E-state index in [0.29, 0.717) is 13.2 Å². The minimum Gasteiger partial charge on any atom is -0.450 e. The van der Waals surface area contributed by atoms with E-state index in [2.05, 4.69) is 60.8 Å². The van der Waals surface area contributed by atoms with E-state index < -0.39 is 0 Å². The van der Waals surface area contributed by atoms with Crippen LogP contribution in [0.1, 0.15) is 36.8 Å². The van der Waals surface area contributed by atoms with Gasteiger partial charge in [-0.3, -0.25) is 0 Å². The van der Waals surface area contributed by atoms with Crippen LogP contribution < -0.4 is 5.32 Å². The largest absolute Gasteiger partial charge is 0.450 e. The van der Waals surface area contributed by atoms with Crippen LogP contribution in [0.15, 0.2) is 48.5 Å². The molecule has 114 valence electrons. The van der Waals surface area contributed by atoms with Crippen molar-refractivity contribution in [1.82, 2.24) is 5.32 Å². The molecule has 0 heterocycles. The van der Waals surface area contributed by atoms with Gasteiger partial charge in [0.1, 0.15) is 0 Å². The summed E-state index contributed by atoms with van der Waals surface area (Å²) < 4.78 is 5.17. The van der Waals surface area contributed by atoms with Crippen LogP contribution in [0.25, 0.3) is 11.1 Å². The van der Waals surface area contributed by atoms with E-state index in [1.54, 1.807) is 0 Å². The summed E-state index contributed by atoms with van der Waals surface area (Å²) in [6.45, 7) is 3.13. The summed E-state index contributed by atoms with van der Waals surface area (Å²) in [6.07, 6.45) is 1.61. The zero-order chi connectivity index (χ0) is 15.4. The van der Waals surface area contributed by atoms with Crippen LogP contribution >= 0.6 is 0 Å². The van der Waals surface area contributed by atoms with Gasteiger partial charge in [0.25, 0.3) is 0 Å². The summed E-state index contributed by atoms with van der Waals surface area (Å²) in [5.74, 6) is 0.200. The van der Waals surface area contributed by atoms with Crippen LogP contribution in [0.2, 0.25) is 0 Å². The van der Waals surface area contributed by atoms with Crippen molar-refractivity contribution in [3.63, 3.8) is 0 Å². The molecule has 1 N–H and O–H groups in total. The number of benzene rings is 2. The second-order valence-electron chi connectivity index (χ2n) is 5.60. The molecule has 0 saturated heterocycles. The summed E-state index contributed by atoms with van der Waals surface area (Å²) >= 11 is 0. The number of amides is 1. The summed E-state index contributed by atoms with van der Waals surface area (Å²) in [6, 6.07) is 16.8. The Morgan fingerprint density at radius 3 is 2.23 bits per heavy atom. The van der Waals surface area contributed by atoms with Gasteiger partial charge < -0.3 is 10.1 Å². The van der Waals surface area contributed by atoms with Gasteiger partial charge in [-0.25, -0.2) is 4.79 Å². The number of nitrogens with one attached hydrogen (secondary N) is 1. The molecule has 0 bridgehead atoms. The molecular weight excluding hydrogens is 274 g/mol. The highest BCUT2D eigenvalue weighted by molar-refractivity contribution is 5.79. The summed E-state index contributed by atoms with van der Waals surface area (Å²) in [5.41, 5.74) is 5.09. The third-order valence-corrected chi connectivity index (χ3v) is 4.14. The highest BCUT2D eigenvalue weighted by atomic mass is 16.5. The Morgan fingerprint density at radius 1 is 1.05 bits per heavy atom. The third-order valence-electron chi connectivity index (χ3n) is 4.14. The molecule has 0 aliphatic heterocycles. The number of hydrogen-bond donors (Lipinski definition) is 1. The Bertz CT molecular complexity index is 620. The lowest BCUT2D eigenvalue weighted by molar-refractivity contribution is 0.144. The van der Waals surface area contributed by atoms with Gasteiger partial charge >= 0.3 is 6.09 Å². The predicted molar refractivity (Wildman–Crippen MR) is 88.0 cm³/mol. The molecule has 2 aromatic carbocycles. The van der Waals surface area contributed by atoms with Crippen molar-refractivity contribution in [2.24, 2.45) is 0 Å². The first-order chi connectivity index (χ1) is 10.8. The minimum absolute atomic E-state index is 0.200. The molecular formula is C19H21NO2. The Labute approximate surface area is 131 Å². The molecule has 2 aromatic rings. The number of ether oxygens (including phenoxy) is 1. The lowest BCUT2D eigenvalue weighted by Gasteiger charge is -2.14. The normalized spacial score (nSPS) is 12.6. The minimum atomic E-state index is -0.324. The van der Waals surface area contributed by atoms with Gasteiger partial charge in [-0.1, -0.05) is 61.9 Å². The monoisotopic (exact) mass is 295 g/mol. The molecule has 3 nitrogen and oxygen atoms in total. The van der Waals surface area contributed by atoms with Crippen molar-refractivity contribution in [2.75, 3.05) is 13.2 Å². The van der Waals surface area contributed by atoms with Crippen molar-refractivity contribution < 1.29 is 9.53 Å². The van der Waals surface area contributed by atoms with Gasteiger partial charge in [-0.05, 0) is 28.7 Å². The first kappa shape index (κ1) is 14.6. The fourth-order valence-electron chi connectivity index (χ4n) is 3.03. The maximum atomic E-state index is 11.8. The number of alkyl carbamates (subject to hydrolysis) is 1. The maximum absolute atomic E-state index is 11.8. The van der Waals surface area contributed by atoms with Gasteiger partial charge in [0, 0.05) is 12.5 Å². The second kappa shape index (κ2) is 6.65. The smallest absolute Gasteiger partial charge is 0.407 e. The van der Waals surface area contributed by atoms with Crippen LogP contribution in [0.5, 0.6) is 0 Å². The number of hydrogen-bond acceptors (Lipinski definition) is 2. The van der Waals surface area contributed by atoms with E-state index in [0.717, 1.165) is 12.8 Å². The van der Waals surface area contributed by atoms with Crippen LogP contribution in [0.3, 0.4) is 0 Å². The van der Waals surface area contributed by atoms with Gasteiger partial charge in [-0.15, -0.1) is 0 Å². The molecule has 0 saturated carbocycles. The van der Waals surface area contributed by atoms with Gasteiger partial charge in [0.15, 0.2) is 0 Å². The molecule has 0 spiro atoms. The Kier molecular flexibility index (Phi) is 4.42. The van der Waals surface area contributed by atoms with Crippen molar-refractivity contribution >= 4 is 6.09 Å². The molecule has 0 fully saturated rings. The van der Waals surface area contributed by atoms with Gasteiger partial charge in [0.2, 0.25) is 0 Å². The molecule has 1 amide bonds. The number of fused-ring (bicyclic) bond motifs is 3. The first-order valence-corrected chi connectivity index (χ1v) is 7.90. The zero-order valence-corrected chi connectivity index (χ0v) is 12.8. The topological polar surface area (TPSA) is 38.3 Å². The summed E-state index contributed by atoms with van der Waals surface area (Å²) in [4.78, 5) is 11.8. The average Bonchev–Trinajstić information content (AvgIpc) is 2.87. The van der Waals surface area contributed by atoms with Crippen LogP contribution in [-0.2, 0) is 4.74 Å². The fourth-order valence-corrected chi connectivity index (χ4v) is 3.03. The highest BCUT2D eigenvalue weighted by Gasteiger charge is 2.28. The van der Waals surface area contributed by atoms with Gasteiger partial charge in [-0.2, -0.15) is 0 Å². The average molecular weight is 295 g/mol.